The lowest BCUT2D eigenvalue weighted by Gasteiger charge is -2.27. The Morgan fingerprint density at radius 2 is 1.50 bits per heavy atom. The molecule has 5 nitrogen and oxygen atoms in total. The van der Waals surface area contributed by atoms with Crippen LogP contribution in [0.1, 0.15) is 32.1 Å². The summed E-state index contributed by atoms with van der Waals surface area (Å²) in [6.45, 7) is 0. The molecule has 0 saturated heterocycles. The largest absolute Gasteiger partial charge is 0.408 e. The Morgan fingerprint density at radius 3 is 1.93 bits per heavy atom. The Bertz CT molecular complexity index is 382. The topological polar surface area (TPSA) is 82.4 Å². The van der Waals surface area contributed by atoms with Gasteiger partial charge in [0.2, 0.25) is 10.4 Å². The third-order valence-corrected chi connectivity index (χ3v) is 5.02. The second kappa shape index (κ2) is 4.11. The van der Waals surface area contributed by atoms with E-state index in [1.54, 1.807) is 0 Å². The fourth-order valence-electron chi connectivity index (χ4n) is 1.55. The lowest BCUT2D eigenvalue weighted by Crippen LogP contribution is -2.23. The van der Waals surface area contributed by atoms with Gasteiger partial charge in [0.15, 0.2) is 0 Å². The van der Waals surface area contributed by atoms with Gasteiger partial charge in [-0.05, 0) is 12.8 Å². The third kappa shape index (κ3) is 3.50. The molecule has 1 saturated carbocycles. The maximum atomic E-state index is 12.1. The van der Waals surface area contributed by atoms with Crippen LogP contribution >= 0.6 is 0 Å². The van der Waals surface area contributed by atoms with Crippen LogP contribution in [-0.4, -0.2) is 22.1 Å². The van der Waals surface area contributed by atoms with E-state index in [1.165, 1.54) is 0 Å². The molecular formula is C6H11FNO4S2-. The third-order valence-electron chi connectivity index (χ3n) is 2.17. The van der Waals surface area contributed by atoms with Gasteiger partial charge in [-0.1, -0.05) is 19.3 Å². The van der Waals surface area contributed by atoms with Gasteiger partial charge in [0.25, 0.3) is 0 Å². The predicted molar refractivity (Wildman–Crippen MR) is 49.2 cm³/mol. The quantitative estimate of drug-likeness (QED) is 0.699. The summed E-state index contributed by atoms with van der Waals surface area (Å²) in [6.07, 6.45) is 3.08. The SMILES string of the molecule is O=S(=O)(F)[N-]S(=O)(=O)C1CCCCC1. The van der Waals surface area contributed by atoms with Crippen LogP contribution in [0.4, 0.5) is 3.89 Å². The van der Waals surface area contributed by atoms with Crippen molar-refractivity contribution in [2.45, 2.75) is 37.4 Å². The van der Waals surface area contributed by atoms with Crippen molar-refractivity contribution in [3.05, 3.63) is 4.13 Å². The molecule has 1 aliphatic carbocycles. The maximum Gasteiger partial charge on any atom is 0.239 e. The van der Waals surface area contributed by atoms with Crippen molar-refractivity contribution >= 4 is 20.4 Å². The molecule has 0 heterocycles. The lowest BCUT2D eigenvalue weighted by atomic mass is 10.0. The predicted octanol–water partition coefficient (Wildman–Crippen LogP) is 1.24. The number of sulfonamides is 1. The average Bonchev–Trinajstić information content (AvgIpc) is 2.01. The average molecular weight is 244 g/mol. The van der Waals surface area contributed by atoms with Crippen molar-refractivity contribution in [3.63, 3.8) is 0 Å². The van der Waals surface area contributed by atoms with E-state index in [2.05, 4.69) is 4.13 Å². The smallest absolute Gasteiger partial charge is 0.239 e. The van der Waals surface area contributed by atoms with Crippen LogP contribution in [0.15, 0.2) is 0 Å². The summed E-state index contributed by atoms with van der Waals surface area (Å²) >= 11 is 0. The number of hydrogen-bond acceptors (Lipinski definition) is 4. The number of rotatable bonds is 3. The molecule has 1 aliphatic rings. The van der Waals surface area contributed by atoms with Gasteiger partial charge in [0.05, 0.1) is 10.0 Å². The molecule has 0 amide bonds. The molecule has 8 heteroatoms. The van der Waals surface area contributed by atoms with Crippen LogP contribution in [0, 0.1) is 0 Å². The van der Waals surface area contributed by atoms with Gasteiger partial charge in [0, 0.05) is 5.25 Å². The highest BCUT2D eigenvalue weighted by Gasteiger charge is 2.22. The van der Waals surface area contributed by atoms with Crippen molar-refractivity contribution in [3.8, 4) is 0 Å². The molecule has 1 fully saturated rings. The lowest BCUT2D eigenvalue weighted by molar-refractivity contribution is 0.486. The molecule has 0 atom stereocenters. The molecule has 0 bridgehead atoms. The zero-order valence-corrected chi connectivity index (χ0v) is 9.02. The zero-order chi connectivity index (χ0) is 10.8. The molecule has 0 aliphatic heterocycles. The van der Waals surface area contributed by atoms with Gasteiger partial charge < -0.3 is 4.13 Å². The Balaban J connectivity index is 2.74. The van der Waals surface area contributed by atoms with E-state index in [0.29, 0.717) is 25.7 Å². The van der Waals surface area contributed by atoms with Gasteiger partial charge in [-0.3, -0.25) is 0 Å². The minimum Gasteiger partial charge on any atom is -0.408 e. The van der Waals surface area contributed by atoms with Crippen molar-refractivity contribution in [1.82, 2.24) is 0 Å². The van der Waals surface area contributed by atoms with E-state index in [1.807, 2.05) is 0 Å². The Labute approximate surface area is 83.1 Å². The first-order chi connectivity index (χ1) is 6.31. The first-order valence-electron chi connectivity index (χ1n) is 4.24. The normalized spacial score (nSPS) is 20.9. The Kier molecular flexibility index (Phi) is 3.49. The molecular weight excluding hydrogens is 233 g/mol. The number of nitrogens with zero attached hydrogens (tertiary/aromatic N) is 1. The summed E-state index contributed by atoms with van der Waals surface area (Å²) in [5.41, 5.74) is 0. The summed E-state index contributed by atoms with van der Waals surface area (Å²) in [5, 5.41) is -0.832. The molecule has 14 heavy (non-hydrogen) atoms. The summed E-state index contributed by atoms with van der Waals surface area (Å²) in [7, 11) is -9.47. The molecule has 0 aromatic heterocycles. The van der Waals surface area contributed by atoms with Gasteiger partial charge in [0.1, 0.15) is 0 Å². The van der Waals surface area contributed by atoms with E-state index in [-0.39, 0.29) is 0 Å². The first kappa shape index (κ1) is 11.9. The summed E-state index contributed by atoms with van der Waals surface area (Å²) in [5.74, 6) is 0. The van der Waals surface area contributed by atoms with E-state index < -0.39 is 25.7 Å². The first-order valence-corrected chi connectivity index (χ1v) is 7.08. The minimum absolute atomic E-state index is 0.362. The van der Waals surface area contributed by atoms with E-state index >= 15 is 0 Å². The highest BCUT2D eigenvalue weighted by Crippen LogP contribution is 2.28. The molecule has 0 unspecified atom stereocenters. The molecule has 0 aromatic rings. The Hall–Kier alpha value is -0.210. The standard InChI is InChI=1S/C6H11FNO4S2/c7-14(11,12)8-13(9,10)6-4-2-1-3-5-6/h6H,1-5H2/q-1. The van der Waals surface area contributed by atoms with Gasteiger partial charge in [-0.25, -0.2) is 16.8 Å². The number of halogens is 1. The monoisotopic (exact) mass is 244 g/mol. The van der Waals surface area contributed by atoms with E-state index in [4.69, 9.17) is 0 Å². The molecule has 0 N–H and O–H groups in total. The zero-order valence-electron chi connectivity index (χ0n) is 7.39. The van der Waals surface area contributed by atoms with Crippen LogP contribution in [0.2, 0.25) is 0 Å². The summed E-state index contributed by atoms with van der Waals surface area (Å²) in [4.78, 5) is 0. The van der Waals surface area contributed by atoms with E-state index in [9.17, 15) is 20.7 Å². The molecule has 84 valence electrons. The van der Waals surface area contributed by atoms with Crippen LogP contribution < -0.4 is 0 Å². The van der Waals surface area contributed by atoms with Crippen LogP contribution in [0.25, 0.3) is 4.13 Å². The molecule has 0 spiro atoms. The summed E-state index contributed by atoms with van der Waals surface area (Å²) in [6, 6.07) is 0. The second-order valence-electron chi connectivity index (χ2n) is 3.26. The molecule has 0 radical (unpaired) electrons. The fourth-order valence-corrected chi connectivity index (χ4v) is 3.96. The Morgan fingerprint density at radius 1 is 1.00 bits per heavy atom. The molecule has 1 rings (SSSR count). The van der Waals surface area contributed by atoms with Gasteiger partial charge in [-0.15, -0.1) is 3.89 Å². The van der Waals surface area contributed by atoms with Crippen LogP contribution in [0.3, 0.4) is 0 Å². The second-order valence-corrected chi connectivity index (χ2v) is 6.38. The van der Waals surface area contributed by atoms with Crippen molar-refractivity contribution in [2.24, 2.45) is 0 Å². The fraction of sp³-hybridized carbons (Fsp3) is 1.00. The van der Waals surface area contributed by atoms with Crippen LogP contribution in [-0.2, 0) is 20.4 Å². The minimum atomic E-state index is -5.29. The van der Waals surface area contributed by atoms with Gasteiger partial charge in [-0.2, -0.15) is 0 Å². The highest BCUT2D eigenvalue weighted by molar-refractivity contribution is 8.10. The van der Waals surface area contributed by atoms with Crippen molar-refractivity contribution < 1.29 is 20.7 Å². The van der Waals surface area contributed by atoms with Crippen LogP contribution in [0.5, 0.6) is 0 Å². The number of hydrogen-bond donors (Lipinski definition) is 0. The highest BCUT2D eigenvalue weighted by atomic mass is 32.3. The van der Waals surface area contributed by atoms with E-state index in [0.717, 1.165) is 6.42 Å². The van der Waals surface area contributed by atoms with Crippen molar-refractivity contribution in [2.75, 3.05) is 0 Å². The van der Waals surface area contributed by atoms with Crippen molar-refractivity contribution in [1.29, 1.82) is 0 Å². The van der Waals surface area contributed by atoms with Gasteiger partial charge >= 0.3 is 0 Å². The molecule has 0 aromatic carbocycles. The maximum absolute atomic E-state index is 12.1. The summed E-state index contributed by atoms with van der Waals surface area (Å²) < 4.78 is 56.9.